The van der Waals surface area contributed by atoms with Crippen molar-refractivity contribution in [3.05, 3.63) is 34.3 Å². The van der Waals surface area contributed by atoms with E-state index in [2.05, 4.69) is 15.9 Å². The van der Waals surface area contributed by atoms with Crippen molar-refractivity contribution in [1.29, 1.82) is 0 Å². The van der Waals surface area contributed by atoms with E-state index >= 15 is 0 Å². The van der Waals surface area contributed by atoms with Gasteiger partial charge in [-0.15, -0.1) is 0 Å². The Kier molecular flexibility index (Phi) is 3.81. The number of halogens is 1. The molecule has 1 aromatic carbocycles. The average Bonchev–Trinajstić information content (AvgIpc) is 2.30. The number of hydrogen-bond acceptors (Lipinski definition) is 1. The molecule has 0 bridgehead atoms. The predicted molar refractivity (Wildman–Crippen MR) is 65.7 cm³/mol. The Morgan fingerprint density at radius 1 is 1.13 bits per heavy atom. The van der Waals surface area contributed by atoms with Gasteiger partial charge in [-0.25, -0.2) is 0 Å². The number of aliphatic hydroxyl groups is 1. The van der Waals surface area contributed by atoms with Crippen molar-refractivity contribution < 1.29 is 5.11 Å². The normalized spacial score (nSPS) is 20.1. The molecular weight excluding hydrogens is 252 g/mol. The first-order chi connectivity index (χ1) is 7.29. The van der Waals surface area contributed by atoms with Crippen molar-refractivity contribution in [2.45, 2.75) is 38.2 Å². The lowest BCUT2D eigenvalue weighted by molar-refractivity contribution is 0.0842. The Bertz CT molecular complexity index is 318. The van der Waals surface area contributed by atoms with Crippen LogP contribution in [0.2, 0.25) is 0 Å². The maximum absolute atomic E-state index is 10.3. The highest BCUT2D eigenvalue weighted by atomic mass is 79.9. The molecule has 0 heterocycles. The van der Waals surface area contributed by atoms with Crippen LogP contribution in [0.3, 0.4) is 0 Å². The van der Waals surface area contributed by atoms with Crippen LogP contribution < -0.4 is 0 Å². The summed E-state index contributed by atoms with van der Waals surface area (Å²) in [4.78, 5) is 0. The summed E-state index contributed by atoms with van der Waals surface area (Å²) in [5.74, 6) is 0.456. The molecule has 82 valence electrons. The van der Waals surface area contributed by atoms with E-state index in [4.69, 9.17) is 0 Å². The quantitative estimate of drug-likeness (QED) is 0.858. The van der Waals surface area contributed by atoms with Gasteiger partial charge in [0.2, 0.25) is 0 Å². The maximum atomic E-state index is 10.3. The van der Waals surface area contributed by atoms with E-state index < -0.39 is 0 Å². The summed E-state index contributed by atoms with van der Waals surface area (Å²) < 4.78 is 1.03. The topological polar surface area (TPSA) is 20.2 Å². The second kappa shape index (κ2) is 5.13. The molecule has 2 rings (SSSR count). The first kappa shape index (κ1) is 11.2. The van der Waals surface area contributed by atoms with Gasteiger partial charge in [0.05, 0.1) is 6.10 Å². The van der Waals surface area contributed by atoms with Gasteiger partial charge < -0.3 is 5.11 Å². The largest absolute Gasteiger partial charge is 0.388 e. The molecule has 1 atom stereocenters. The molecular formula is C13H17BrO. The van der Waals surface area contributed by atoms with Crippen LogP contribution >= 0.6 is 15.9 Å². The molecule has 1 aromatic rings. The molecule has 0 aliphatic heterocycles. The second-order valence-electron chi connectivity index (χ2n) is 4.36. The Hall–Kier alpha value is -0.340. The molecule has 0 aromatic heterocycles. The van der Waals surface area contributed by atoms with Gasteiger partial charge in [0, 0.05) is 4.47 Å². The fourth-order valence-electron chi connectivity index (χ4n) is 2.42. The Morgan fingerprint density at radius 2 is 1.80 bits per heavy atom. The van der Waals surface area contributed by atoms with Crippen LogP contribution in [0.4, 0.5) is 0 Å². The minimum Gasteiger partial charge on any atom is -0.388 e. The van der Waals surface area contributed by atoms with Crippen LogP contribution in [0.1, 0.15) is 43.8 Å². The number of rotatable bonds is 2. The zero-order valence-corrected chi connectivity index (χ0v) is 10.4. The highest BCUT2D eigenvalue weighted by Gasteiger charge is 2.23. The average molecular weight is 269 g/mol. The Morgan fingerprint density at radius 3 is 2.47 bits per heavy atom. The minimum absolute atomic E-state index is 0.291. The zero-order valence-electron chi connectivity index (χ0n) is 8.82. The van der Waals surface area contributed by atoms with Crippen molar-refractivity contribution in [2.24, 2.45) is 5.92 Å². The van der Waals surface area contributed by atoms with Crippen molar-refractivity contribution >= 4 is 15.9 Å². The van der Waals surface area contributed by atoms with Gasteiger partial charge in [-0.05, 0) is 30.4 Å². The minimum atomic E-state index is -0.291. The lowest BCUT2D eigenvalue weighted by atomic mass is 9.83. The van der Waals surface area contributed by atoms with Crippen molar-refractivity contribution in [1.82, 2.24) is 0 Å². The van der Waals surface area contributed by atoms with Gasteiger partial charge >= 0.3 is 0 Å². The van der Waals surface area contributed by atoms with Gasteiger partial charge in [-0.2, -0.15) is 0 Å². The molecule has 2 heteroatoms. The van der Waals surface area contributed by atoms with Crippen molar-refractivity contribution in [2.75, 3.05) is 0 Å². The lowest BCUT2D eigenvalue weighted by Gasteiger charge is -2.27. The second-order valence-corrected chi connectivity index (χ2v) is 5.22. The van der Waals surface area contributed by atoms with E-state index in [1.54, 1.807) is 0 Å². The number of aliphatic hydroxyl groups excluding tert-OH is 1. The van der Waals surface area contributed by atoms with Crippen LogP contribution in [0.25, 0.3) is 0 Å². The van der Waals surface area contributed by atoms with Crippen LogP contribution in [0.15, 0.2) is 28.7 Å². The zero-order chi connectivity index (χ0) is 10.7. The Labute approximate surface area is 99.6 Å². The summed E-state index contributed by atoms with van der Waals surface area (Å²) in [6, 6.07) is 8.00. The SMILES string of the molecule is OC(c1ccccc1Br)C1CCCCC1. The van der Waals surface area contributed by atoms with Crippen LogP contribution in [0, 0.1) is 5.92 Å². The van der Waals surface area contributed by atoms with Gasteiger partial charge in [-0.3, -0.25) is 0 Å². The lowest BCUT2D eigenvalue weighted by Crippen LogP contribution is -2.16. The molecule has 1 aliphatic rings. The van der Waals surface area contributed by atoms with E-state index in [-0.39, 0.29) is 6.10 Å². The van der Waals surface area contributed by atoms with E-state index in [1.807, 2.05) is 24.3 Å². The number of hydrogen-bond donors (Lipinski definition) is 1. The molecule has 1 fully saturated rings. The van der Waals surface area contributed by atoms with Crippen LogP contribution in [-0.4, -0.2) is 5.11 Å². The fraction of sp³-hybridized carbons (Fsp3) is 0.538. The molecule has 1 aliphatic carbocycles. The first-order valence-corrected chi connectivity index (χ1v) is 6.51. The highest BCUT2D eigenvalue weighted by molar-refractivity contribution is 9.10. The van der Waals surface area contributed by atoms with E-state index in [9.17, 15) is 5.11 Å². The van der Waals surface area contributed by atoms with E-state index in [1.165, 1.54) is 32.1 Å². The molecule has 1 N–H and O–H groups in total. The molecule has 0 spiro atoms. The van der Waals surface area contributed by atoms with E-state index in [0.29, 0.717) is 5.92 Å². The van der Waals surface area contributed by atoms with Crippen molar-refractivity contribution in [3.63, 3.8) is 0 Å². The summed E-state index contributed by atoms with van der Waals surface area (Å²) in [6.07, 6.45) is 5.92. The first-order valence-electron chi connectivity index (χ1n) is 5.71. The summed E-state index contributed by atoms with van der Waals surface area (Å²) in [6.45, 7) is 0. The van der Waals surface area contributed by atoms with Gasteiger partial charge in [0.1, 0.15) is 0 Å². The molecule has 1 nitrogen and oxygen atoms in total. The standard InChI is InChI=1S/C13H17BrO/c14-12-9-5-4-8-11(12)13(15)10-6-2-1-3-7-10/h4-5,8-10,13,15H,1-3,6-7H2. The monoisotopic (exact) mass is 268 g/mol. The summed E-state index contributed by atoms with van der Waals surface area (Å²) in [5.41, 5.74) is 1.05. The third-order valence-corrected chi connectivity index (χ3v) is 4.04. The molecule has 15 heavy (non-hydrogen) atoms. The predicted octanol–water partition coefficient (Wildman–Crippen LogP) is 4.06. The fourth-order valence-corrected chi connectivity index (χ4v) is 2.94. The molecule has 1 unspecified atom stereocenters. The van der Waals surface area contributed by atoms with Crippen LogP contribution in [0.5, 0.6) is 0 Å². The van der Waals surface area contributed by atoms with Crippen molar-refractivity contribution in [3.8, 4) is 0 Å². The van der Waals surface area contributed by atoms with Gasteiger partial charge in [-0.1, -0.05) is 53.4 Å². The van der Waals surface area contributed by atoms with E-state index in [0.717, 1.165) is 10.0 Å². The van der Waals surface area contributed by atoms with Gasteiger partial charge in [0.15, 0.2) is 0 Å². The third-order valence-electron chi connectivity index (χ3n) is 3.32. The summed E-state index contributed by atoms with van der Waals surface area (Å²) in [7, 11) is 0. The third kappa shape index (κ3) is 2.61. The van der Waals surface area contributed by atoms with Gasteiger partial charge in [0.25, 0.3) is 0 Å². The molecule has 1 saturated carbocycles. The Balaban J connectivity index is 2.12. The summed E-state index contributed by atoms with van der Waals surface area (Å²) >= 11 is 3.50. The molecule has 0 amide bonds. The maximum Gasteiger partial charge on any atom is 0.0829 e. The highest BCUT2D eigenvalue weighted by Crippen LogP contribution is 2.36. The molecule has 0 saturated heterocycles. The number of benzene rings is 1. The summed E-state index contributed by atoms with van der Waals surface area (Å²) in [5, 5.41) is 10.3. The van der Waals surface area contributed by atoms with Crippen LogP contribution in [-0.2, 0) is 0 Å². The molecule has 0 radical (unpaired) electrons. The smallest absolute Gasteiger partial charge is 0.0829 e.